The van der Waals surface area contributed by atoms with Crippen molar-refractivity contribution in [2.24, 2.45) is 0 Å². The third kappa shape index (κ3) is 3.78. The van der Waals surface area contributed by atoms with Crippen molar-refractivity contribution >= 4 is 0 Å². The number of hydrogen-bond donors (Lipinski definition) is 0. The van der Waals surface area contributed by atoms with Crippen LogP contribution in [-0.4, -0.2) is 12.2 Å². The van der Waals surface area contributed by atoms with E-state index in [9.17, 15) is 0 Å². The van der Waals surface area contributed by atoms with Crippen molar-refractivity contribution in [2.75, 3.05) is 6.61 Å². The summed E-state index contributed by atoms with van der Waals surface area (Å²) >= 11 is 0. The molecule has 12 heavy (non-hydrogen) atoms. The molecule has 0 saturated carbocycles. The lowest BCUT2D eigenvalue weighted by molar-refractivity contribution is 0.377. The van der Waals surface area contributed by atoms with Crippen LogP contribution < -0.4 is 0 Å². The van der Waals surface area contributed by atoms with E-state index in [-0.39, 0.29) is 5.60 Å². The Balaban J connectivity index is 1.96. The largest absolute Gasteiger partial charge is 0.356 e. The first-order valence-corrected chi connectivity index (χ1v) is 4.91. The fourth-order valence-electron chi connectivity index (χ4n) is 1.07. The monoisotopic (exact) mass is 166 g/mol. The maximum Gasteiger partial charge on any atom is 0.149 e. The lowest BCUT2D eigenvalue weighted by Gasteiger charge is -1.92. The molecule has 0 spiro atoms. The van der Waals surface area contributed by atoms with Gasteiger partial charge in [0, 0.05) is 6.42 Å². The second-order valence-electron chi connectivity index (χ2n) is 3.63. The molecule has 0 N–H and O–H groups in total. The third-order valence-corrected chi connectivity index (χ3v) is 2.09. The quantitative estimate of drug-likeness (QED) is 0.355. The summed E-state index contributed by atoms with van der Waals surface area (Å²) in [6.07, 6.45) is 6.25. The van der Waals surface area contributed by atoms with E-state index in [2.05, 4.69) is 18.8 Å². The van der Waals surface area contributed by atoms with Gasteiger partial charge in [-0.1, -0.05) is 32.1 Å². The predicted molar refractivity (Wildman–Crippen MR) is 50.9 cm³/mol. The Morgan fingerprint density at radius 2 is 2.08 bits per heavy atom. The van der Waals surface area contributed by atoms with E-state index >= 15 is 0 Å². The maximum absolute atomic E-state index is 5.15. The van der Waals surface area contributed by atoms with Gasteiger partial charge in [0.05, 0.1) is 6.61 Å². The van der Waals surface area contributed by atoms with E-state index in [0.717, 1.165) is 13.0 Å². The van der Waals surface area contributed by atoms with Crippen LogP contribution in [0.1, 0.15) is 46.0 Å². The van der Waals surface area contributed by atoms with E-state index in [0.29, 0.717) is 0 Å². The summed E-state index contributed by atoms with van der Waals surface area (Å²) in [5.41, 5.74) is -0.0647. The summed E-state index contributed by atoms with van der Waals surface area (Å²) in [6, 6.07) is 0. The van der Waals surface area contributed by atoms with Crippen molar-refractivity contribution in [3.05, 3.63) is 0 Å². The van der Waals surface area contributed by atoms with Gasteiger partial charge in [-0.3, -0.25) is 0 Å². The molecular weight excluding hydrogens is 148 g/mol. The van der Waals surface area contributed by atoms with Crippen LogP contribution in [0.5, 0.6) is 0 Å². The van der Waals surface area contributed by atoms with E-state index in [1.807, 2.05) is 6.92 Å². The van der Waals surface area contributed by atoms with Gasteiger partial charge in [0.15, 0.2) is 0 Å². The lowest BCUT2D eigenvalue weighted by atomic mass is 10.1. The fraction of sp³-hybridized carbons (Fsp3) is 0.818. The van der Waals surface area contributed by atoms with Crippen LogP contribution in [-0.2, 0) is 4.74 Å². The lowest BCUT2D eigenvalue weighted by Crippen LogP contribution is -1.97. The van der Waals surface area contributed by atoms with Crippen LogP contribution in [0.3, 0.4) is 0 Å². The highest BCUT2D eigenvalue weighted by atomic mass is 16.6. The van der Waals surface area contributed by atoms with Gasteiger partial charge in [0.2, 0.25) is 0 Å². The van der Waals surface area contributed by atoms with Gasteiger partial charge >= 0.3 is 0 Å². The molecule has 68 valence electrons. The zero-order valence-corrected chi connectivity index (χ0v) is 8.15. The molecule has 0 aromatic heterocycles. The van der Waals surface area contributed by atoms with Crippen LogP contribution in [0, 0.1) is 11.8 Å². The van der Waals surface area contributed by atoms with Gasteiger partial charge in [0.1, 0.15) is 5.60 Å². The Labute approximate surface area is 75.5 Å². The first kappa shape index (κ1) is 9.61. The van der Waals surface area contributed by atoms with Crippen molar-refractivity contribution in [2.45, 2.75) is 51.6 Å². The number of rotatable bonds is 4. The molecule has 1 fully saturated rings. The highest BCUT2D eigenvalue weighted by Crippen LogP contribution is 2.24. The Hall–Kier alpha value is -0.480. The number of epoxide rings is 1. The molecule has 1 heterocycles. The van der Waals surface area contributed by atoms with Crippen molar-refractivity contribution < 1.29 is 4.74 Å². The van der Waals surface area contributed by atoms with E-state index in [1.54, 1.807) is 0 Å². The molecular formula is C11H18O. The minimum Gasteiger partial charge on any atom is -0.356 e. The molecule has 1 heteroatoms. The van der Waals surface area contributed by atoms with Crippen LogP contribution in [0.15, 0.2) is 0 Å². The van der Waals surface area contributed by atoms with Gasteiger partial charge in [-0.25, -0.2) is 0 Å². The van der Waals surface area contributed by atoms with Crippen LogP contribution in [0.2, 0.25) is 0 Å². The molecule has 0 bridgehead atoms. The average molecular weight is 166 g/mol. The zero-order chi connectivity index (χ0) is 8.86. The normalized spacial score (nSPS) is 26.2. The number of hydrogen-bond acceptors (Lipinski definition) is 1. The molecule has 1 nitrogen and oxygen atoms in total. The molecule has 1 aliphatic rings. The van der Waals surface area contributed by atoms with E-state index in [1.165, 1.54) is 25.7 Å². The molecule has 0 radical (unpaired) electrons. The first-order valence-electron chi connectivity index (χ1n) is 4.91. The van der Waals surface area contributed by atoms with Gasteiger partial charge in [-0.05, 0) is 13.3 Å². The summed E-state index contributed by atoms with van der Waals surface area (Å²) < 4.78 is 5.15. The van der Waals surface area contributed by atoms with Crippen LogP contribution in [0.25, 0.3) is 0 Å². The van der Waals surface area contributed by atoms with Crippen molar-refractivity contribution in [3.63, 3.8) is 0 Å². The van der Waals surface area contributed by atoms with E-state index < -0.39 is 0 Å². The standard InChI is InChI=1S/C11H18O/c1-3-4-5-6-7-8-9-11(2)10-12-11/h3-7,10H2,1-2H3. The summed E-state index contributed by atoms with van der Waals surface area (Å²) in [4.78, 5) is 0. The highest BCUT2D eigenvalue weighted by Gasteiger charge is 2.36. The Bertz CT molecular complexity index is 181. The second kappa shape index (κ2) is 4.52. The number of unbranched alkanes of at least 4 members (excludes halogenated alkanes) is 4. The van der Waals surface area contributed by atoms with Gasteiger partial charge < -0.3 is 4.74 Å². The van der Waals surface area contributed by atoms with Crippen LogP contribution in [0.4, 0.5) is 0 Å². The van der Waals surface area contributed by atoms with Crippen molar-refractivity contribution in [3.8, 4) is 11.8 Å². The summed E-state index contributed by atoms with van der Waals surface area (Å²) in [5, 5.41) is 0. The molecule has 0 amide bonds. The average Bonchev–Trinajstić information content (AvgIpc) is 2.77. The Morgan fingerprint density at radius 1 is 1.33 bits per heavy atom. The third-order valence-electron chi connectivity index (χ3n) is 2.09. The molecule has 0 aromatic carbocycles. The van der Waals surface area contributed by atoms with Gasteiger partial charge in [0.25, 0.3) is 0 Å². The highest BCUT2D eigenvalue weighted by molar-refractivity contribution is 5.18. The second-order valence-corrected chi connectivity index (χ2v) is 3.63. The molecule has 1 unspecified atom stereocenters. The van der Waals surface area contributed by atoms with E-state index in [4.69, 9.17) is 4.74 Å². The van der Waals surface area contributed by atoms with Gasteiger partial charge in [-0.2, -0.15) is 0 Å². The maximum atomic E-state index is 5.15. The molecule has 0 aliphatic carbocycles. The molecule has 1 aliphatic heterocycles. The summed E-state index contributed by atoms with van der Waals surface area (Å²) in [7, 11) is 0. The first-order chi connectivity index (χ1) is 5.77. The van der Waals surface area contributed by atoms with Crippen molar-refractivity contribution in [1.82, 2.24) is 0 Å². The predicted octanol–water partition coefficient (Wildman–Crippen LogP) is 2.75. The minimum absolute atomic E-state index is 0.0647. The van der Waals surface area contributed by atoms with Crippen molar-refractivity contribution in [1.29, 1.82) is 0 Å². The molecule has 1 rings (SSSR count). The smallest absolute Gasteiger partial charge is 0.149 e. The SMILES string of the molecule is CCCCCCC#CC1(C)CO1. The summed E-state index contributed by atoms with van der Waals surface area (Å²) in [6.45, 7) is 5.10. The topological polar surface area (TPSA) is 12.5 Å². The number of ether oxygens (including phenoxy) is 1. The Morgan fingerprint density at radius 3 is 2.67 bits per heavy atom. The van der Waals surface area contributed by atoms with Gasteiger partial charge in [-0.15, -0.1) is 5.92 Å². The van der Waals surface area contributed by atoms with Crippen LogP contribution >= 0.6 is 0 Å². The molecule has 1 saturated heterocycles. The fourth-order valence-corrected chi connectivity index (χ4v) is 1.07. The Kier molecular flexibility index (Phi) is 3.62. The minimum atomic E-state index is -0.0647. The summed E-state index contributed by atoms with van der Waals surface area (Å²) in [5.74, 6) is 6.31. The molecule has 1 atom stereocenters. The molecule has 0 aromatic rings. The zero-order valence-electron chi connectivity index (χ0n) is 8.15.